The van der Waals surface area contributed by atoms with Crippen LogP contribution in [0.3, 0.4) is 0 Å². The first-order valence-corrected chi connectivity index (χ1v) is 7.39. The van der Waals surface area contributed by atoms with Crippen LogP contribution < -0.4 is 10.6 Å². The Kier molecular flexibility index (Phi) is 4.35. The summed E-state index contributed by atoms with van der Waals surface area (Å²) in [6.45, 7) is 2.99. The summed E-state index contributed by atoms with van der Waals surface area (Å²) < 4.78 is 0. The fourth-order valence-electron chi connectivity index (χ4n) is 2.26. The maximum absolute atomic E-state index is 5.63. The minimum Gasteiger partial charge on any atom is -0.372 e. The predicted octanol–water partition coefficient (Wildman–Crippen LogP) is 2.90. The molecule has 1 unspecified atom stereocenters. The number of aryl methyl sites for hydroxylation is 1. The third kappa shape index (κ3) is 2.96. The zero-order chi connectivity index (χ0) is 12.3. The fourth-order valence-corrected chi connectivity index (χ4v) is 3.27. The summed E-state index contributed by atoms with van der Waals surface area (Å²) in [7, 11) is 2.16. The minimum absolute atomic E-state index is 0.509. The van der Waals surface area contributed by atoms with Crippen molar-refractivity contribution in [2.24, 2.45) is 5.73 Å². The Labute approximate surface area is 109 Å². The third-order valence-electron chi connectivity index (χ3n) is 3.54. The Morgan fingerprint density at radius 1 is 1.47 bits per heavy atom. The lowest BCUT2D eigenvalue weighted by atomic mass is 10.1. The van der Waals surface area contributed by atoms with Gasteiger partial charge >= 0.3 is 0 Å². The number of benzene rings is 1. The summed E-state index contributed by atoms with van der Waals surface area (Å²) >= 11 is 1.99. The van der Waals surface area contributed by atoms with Crippen LogP contribution in [0.25, 0.3) is 0 Å². The Hall–Kier alpha value is -0.670. The van der Waals surface area contributed by atoms with Crippen LogP contribution in [0, 0.1) is 0 Å². The second-order valence-electron chi connectivity index (χ2n) is 4.78. The molecule has 2 N–H and O–H groups in total. The van der Waals surface area contributed by atoms with Crippen molar-refractivity contribution < 1.29 is 0 Å². The van der Waals surface area contributed by atoms with E-state index in [2.05, 4.69) is 37.1 Å². The molecule has 0 bridgehead atoms. The average Bonchev–Trinajstić information content (AvgIpc) is 2.37. The van der Waals surface area contributed by atoms with E-state index in [1.165, 1.54) is 34.7 Å². The van der Waals surface area contributed by atoms with E-state index in [-0.39, 0.29) is 0 Å². The van der Waals surface area contributed by atoms with Gasteiger partial charge in [-0.15, -0.1) is 11.8 Å². The smallest absolute Gasteiger partial charge is 0.0369 e. The van der Waals surface area contributed by atoms with Crippen molar-refractivity contribution in [3.8, 4) is 0 Å². The molecule has 94 valence electrons. The third-order valence-corrected chi connectivity index (χ3v) is 4.75. The molecule has 1 heterocycles. The molecular weight excluding hydrogens is 228 g/mol. The Bertz CT molecular complexity index is 378. The lowest BCUT2D eigenvalue weighted by Gasteiger charge is -2.28. The van der Waals surface area contributed by atoms with Gasteiger partial charge in [-0.2, -0.15) is 0 Å². The largest absolute Gasteiger partial charge is 0.372 e. The monoisotopic (exact) mass is 250 g/mol. The van der Waals surface area contributed by atoms with Gasteiger partial charge in [-0.3, -0.25) is 0 Å². The molecule has 0 spiro atoms. The van der Waals surface area contributed by atoms with Crippen LogP contribution >= 0.6 is 11.8 Å². The molecule has 17 heavy (non-hydrogen) atoms. The molecule has 1 aromatic rings. The second-order valence-corrected chi connectivity index (χ2v) is 5.92. The zero-order valence-electron chi connectivity index (χ0n) is 10.8. The van der Waals surface area contributed by atoms with Crippen molar-refractivity contribution in [1.82, 2.24) is 0 Å². The normalized spacial score (nSPS) is 16.4. The summed E-state index contributed by atoms with van der Waals surface area (Å²) in [4.78, 5) is 3.81. The summed E-state index contributed by atoms with van der Waals surface area (Å²) in [5.41, 5.74) is 8.47. The number of hydrogen-bond donors (Lipinski definition) is 1. The van der Waals surface area contributed by atoms with Crippen LogP contribution in [0.4, 0.5) is 5.69 Å². The number of rotatable bonds is 4. The first-order chi connectivity index (χ1) is 8.22. The van der Waals surface area contributed by atoms with Crippen molar-refractivity contribution >= 4 is 17.4 Å². The van der Waals surface area contributed by atoms with E-state index in [1.54, 1.807) is 0 Å². The van der Waals surface area contributed by atoms with Crippen molar-refractivity contribution in [3.05, 3.63) is 23.8 Å². The molecule has 3 heteroatoms. The highest BCUT2D eigenvalue weighted by Gasteiger charge is 2.14. The minimum atomic E-state index is 0.509. The zero-order valence-corrected chi connectivity index (χ0v) is 11.6. The number of nitrogens with zero attached hydrogens (tertiary/aromatic N) is 1. The van der Waals surface area contributed by atoms with Crippen molar-refractivity contribution in [2.75, 3.05) is 24.2 Å². The van der Waals surface area contributed by atoms with Gasteiger partial charge in [0.2, 0.25) is 0 Å². The van der Waals surface area contributed by atoms with Crippen LogP contribution in [-0.2, 0) is 6.42 Å². The highest BCUT2D eigenvalue weighted by molar-refractivity contribution is 7.99. The van der Waals surface area contributed by atoms with Crippen LogP contribution in [0.1, 0.15) is 25.3 Å². The number of thioether (sulfide) groups is 1. The van der Waals surface area contributed by atoms with Gasteiger partial charge < -0.3 is 10.6 Å². The molecular formula is C14H22N2S. The number of fused-ring (bicyclic) bond motifs is 1. The van der Waals surface area contributed by atoms with E-state index in [4.69, 9.17) is 5.73 Å². The first-order valence-electron chi connectivity index (χ1n) is 6.41. The molecule has 1 aliphatic rings. The van der Waals surface area contributed by atoms with Gasteiger partial charge in [0.15, 0.2) is 0 Å². The molecule has 0 radical (unpaired) electrons. The first kappa shape index (κ1) is 12.8. The molecule has 1 atom stereocenters. The molecule has 0 saturated heterocycles. The summed E-state index contributed by atoms with van der Waals surface area (Å²) in [6.07, 6.45) is 3.58. The number of hydrogen-bond acceptors (Lipinski definition) is 3. The van der Waals surface area contributed by atoms with E-state index in [0.29, 0.717) is 6.04 Å². The number of nitrogens with two attached hydrogens (primary N) is 1. The van der Waals surface area contributed by atoms with E-state index >= 15 is 0 Å². The van der Waals surface area contributed by atoms with E-state index in [0.717, 1.165) is 13.0 Å². The second kappa shape index (κ2) is 5.78. The van der Waals surface area contributed by atoms with Crippen molar-refractivity contribution in [3.63, 3.8) is 0 Å². The Morgan fingerprint density at radius 2 is 2.29 bits per heavy atom. The molecule has 1 aliphatic heterocycles. The SMILES string of the molecule is CC(CCN)N(C)c1ccc2c(c1)CCCS2. The van der Waals surface area contributed by atoms with Gasteiger partial charge in [-0.1, -0.05) is 0 Å². The van der Waals surface area contributed by atoms with E-state index < -0.39 is 0 Å². The Morgan fingerprint density at radius 3 is 3.06 bits per heavy atom. The van der Waals surface area contributed by atoms with Crippen LogP contribution in [0.2, 0.25) is 0 Å². The predicted molar refractivity (Wildman–Crippen MR) is 77.0 cm³/mol. The standard InChI is InChI=1S/C14H22N2S/c1-11(7-8-15)16(2)13-5-6-14-12(10-13)4-3-9-17-14/h5-6,10-11H,3-4,7-9,15H2,1-2H3. The van der Waals surface area contributed by atoms with E-state index in [1.807, 2.05) is 11.8 Å². The molecule has 2 nitrogen and oxygen atoms in total. The molecule has 1 aromatic carbocycles. The summed E-state index contributed by atoms with van der Waals surface area (Å²) in [6, 6.07) is 7.38. The molecule has 2 rings (SSSR count). The average molecular weight is 250 g/mol. The molecule has 0 fully saturated rings. The van der Waals surface area contributed by atoms with Gasteiger partial charge in [-0.25, -0.2) is 0 Å². The van der Waals surface area contributed by atoms with Gasteiger partial charge in [0, 0.05) is 23.7 Å². The van der Waals surface area contributed by atoms with Crippen molar-refractivity contribution in [1.29, 1.82) is 0 Å². The quantitative estimate of drug-likeness (QED) is 0.891. The van der Waals surface area contributed by atoms with Gasteiger partial charge in [0.25, 0.3) is 0 Å². The topological polar surface area (TPSA) is 29.3 Å². The van der Waals surface area contributed by atoms with E-state index in [9.17, 15) is 0 Å². The lowest BCUT2D eigenvalue weighted by Crippen LogP contribution is -2.30. The summed E-state index contributed by atoms with van der Waals surface area (Å²) in [5, 5.41) is 0. The molecule has 0 aliphatic carbocycles. The number of anilines is 1. The lowest BCUT2D eigenvalue weighted by molar-refractivity contribution is 0.634. The van der Waals surface area contributed by atoms with Crippen LogP contribution in [0.15, 0.2) is 23.1 Å². The van der Waals surface area contributed by atoms with Gasteiger partial charge in [0.1, 0.15) is 0 Å². The highest BCUT2D eigenvalue weighted by Crippen LogP contribution is 2.32. The van der Waals surface area contributed by atoms with Crippen LogP contribution in [-0.4, -0.2) is 25.4 Å². The van der Waals surface area contributed by atoms with Gasteiger partial charge in [0.05, 0.1) is 0 Å². The Balaban J connectivity index is 2.15. The molecule has 0 aromatic heterocycles. The maximum Gasteiger partial charge on any atom is 0.0369 e. The molecule has 0 saturated carbocycles. The highest BCUT2D eigenvalue weighted by atomic mass is 32.2. The molecule has 0 amide bonds. The van der Waals surface area contributed by atoms with Gasteiger partial charge in [-0.05, 0) is 62.2 Å². The fraction of sp³-hybridized carbons (Fsp3) is 0.571. The maximum atomic E-state index is 5.63. The van der Waals surface area contributed by atoms with Crippen LogP contribution in [0.5, 0.6) is 0 Å². The van der Waals surface area contributed by atoms with Crippen molar-refractivity contribution in [2.45, 2.75) is 37.1 Å². The summed E-state index contributed by atoms with van der Waals surface area (Å²) in [5.74, 6) is 1.27.